The van der Waals surface area contributed by atoms with Crippen molar-refractivity contribution in [1.29, 1.82) is 5.26 Å². The summed E-state index contributed by atoms with van der Waals surface area (Å²) in [6.45, 7) is 0. The summed E-state index contributed by atoms with van der Waals surface area (Å²) in [6, 6.07) is 18.7. The summed E-state index contributed by atoms with van der Waals surface area (Å²) in [4.78, 5) is 17.7. The number of rotatable bonds is 4. The molecule has 0 aliphatic heterocycles. The molecule has 3 nitrogen and oxygen atoms in total. The lowest BCUT2D eigenvalue weighted by Crippen LogP contribution is -2.05. The van der Waals surface area contributed by atoms with Crippen molar-refractivity contribution in [2.45, 2.75) is 43.6 Å². The van der Waals surface area contributed by atoms with E-state index >= 15 is 0 Å². The fourth-order valence-electron chi connectivity index (χ4n) is 4.52. The zero-order chi connectivity index (χ0) is 20.5. The summed E-state index contributed by atoms with van der Waals surface area (Å²) in [6.07, 6.45) is 6.36. The number of nitrogens with zero attached hydrogens (tertiary/aromatic N) is 2. The van der Waals surface area contributed by atoms with Crippen molar-refractivity contribution in [3.8, 4) is 17.2 Å². The van der Waals surface area contributed by atoms with Gasteiger partial charge >= 0.3 is 0 Å². The molecule has 2 aromatic carbocycles. The highest BCUT2D eigenvalue weighted by atomic mass is 32.2. The summed E-state index contributed by atoms with van der Waals surface area (Å²) in [5, 5.41) is 10.3. The minimum atomic E-state index is 0.0828. The van der Waals surface area contributed by atoms with Crippen molar-refractivity contribution in [1.82, 2.24) is 4.98 Å². The van der Waals surface area contributed by atoms with E-state index in [1.54, 1.807) is 0 Å². The fraction of sp³-hybridized carbons (Fsp3) is 0.269. The average molecular weight is 411 g/mol. The number of thioether (sulfide) groups is 1. The van der Waals surface area contributed by atoms with Crippen molar-refractivity contribution in [2.75, 3.05) is 5.75 Å². The molecule has 0 amide bonds. The van der Waals surface area contributed by atoms with Crippen LogP contribution in [0.4, 0.5) is 0 Å². The number of pyridine rings is 1. The molecule has 0 unspecified atom stereocenters. The fourth-order valence-corrected chi connectivity index (χ4v) is 5.39. The van der Waals surface area contributed by atoms with Gasteiger partial charge in [0.2, 0.25) is 0 Å². The Kier molecular flexibility index (Phi) is 5.14. The van der Waals surface area contributed by atoms with E-state index in [0.29, 0.717) is 16.3 Å². The molecule has 0 N–H and O–H groups in total. The molecule has 5 rings (SSSR count). The summed E-state index contributed by atoms with van der Waals surface area (Å²) < 4.78 is 0. The zero-order valence-corrected chi connectivity index (χ0v) is 17.6. The number of carbonyl (C=O) groups is 1. The van der Waals surface area contributed by atoms with Gasteiger partial charge in [-0.3, -0.25) is 4.79 Å². The topological polar surface area (TPSA) is 53.8 Å². The number of aryl methyl sites for hydroxylation is 2. The van der Waals surface area contributed by atoms with Crippen LogP contribution in [0.25, 0.3) is 11.1 Å². The summed E-state index contributed by atoms with van der Waals surface area (Å²) >= 11 is 1.39. The maximum atomic E-state index is 12.9. The molecule has 30 heavy (non-hydrogen) atoms. The molecule has 0 spiro atoms. The van der Waals surface area contributed by atoms with Gasteiger partial charge in [0.25, 0.3) is 0 Å². The normalized spacial score (nSPS) is 14.2. The van der Waals surface area contributed by atoms with Gasteiger partial charge in [0.05, 0.1) is 11.3 Å². The third-order valence-corrected chi connectivity index (χ3v) is 7.08. The average Bonchev–Trinajstić information content (AvgIpc) is 2.99. The van der Waals surface area contributed by atoms with Crippen LogP contribution in [-0.2, 0) is 19.3 Å². The van der Waals surface area contributed by atoms with Gasteiger partial charge in [-0.25, -0.2) is 4.98 Å². The largest absolute Gasteiger partial charge is 0.293 e. The van der Waals surface area contributed by atoms with Crippen LogP contribution < -0.4 is 0 Å². The van der Waals surface area contributed by atoms with Crippen LogP contribution in [0.1, 0.15) is 57.6 Å². The van der Waals surface area contributed by atoms with E-state index in [4.69, 9.17) is 4.98 Å². The molecule has 0 saturated heterocycles. The van der Waals surface area contributed by atoms with Gasteiger partial charge in [0, 0.05) is 11.3 Å². The maximum absolute atomic E-state index is 12.9. The molecule has 0 fully saturated rings. The number of hydrogen-bond acceptors (Lipinski definition) is 4. The number of fused-ring (bicyclic) bond motifs is 4. The second-order valence-corrected chi connectivity index (χ2v) is 9.00. The maximum Gasteiger partial charge on any atom is 0.173 e. The molecule has 0 saturated carbocycles. The van der Waals surface area contributed by atoms with Crippen molar-refractivity contribution in [3.63, 3.8) is 0 Å². The zero-order valence-electron chi connectivity index (χ0n) is 16.8. The van der Waals surface area contributed by atoms with Crippen molar-refractivity contribution < 1.29 is 4.79 Å². The van der Waals surface area contributed by atoms with Crippen molar-refractivity contribution in [3.05, 3.63) is 82.0 Å². The Labute approximate surface area is 181 Å². The van der Waals surface area contributed by atoms with Crippen molar-refractivity contribution in [2.24, 2.45) is 0 Å². The Bertz CT molecular complexity index is 1190. The molecule has 2 aliphatic rings. The number of ketones is 1. The molecule has 1 aromatic heterocycles. The first kappa shape index (κ1) is 19.1. The molecule has 3 aromatic rings. The van der Waals surface area contributed by atoms with Gasteiger partial charge in [-0.15, -0.1) is 0 Å². The van der Waals surface area contributed by atoms with E-state index in [1.807, 2.05) is 18.2 Å². The summed E-state index contributed by atoms with van der Waals surface area (Å²) in [7, 11) is 0. The van der Waals surface area contributed by atoms with Gasteiger partial charge < -0.3 is 0 Å². The minimum Gasteiger partial charge on any atom is -0.293 e. The van der Waals surface area contributed by atoms with Crippen LogP contribution in [0.2, 0.25) is 0 Å². The molecule has 0 radical (unpaired) electrons. The number of Topliss-reactive ketones (excluding diaryl/α,β-unsaturated/α-hetero) is 1. The quantitative estimate of drug-likeness (QED) is 0.243. The third kappa shape index (κ3) is 3.55. The summed E-state index contributed by atoms with van der Waals surface area (Å²) in [5.41, 5.74) is 8.68. The molecule has 148 valence electrons. The number of benzene rings is 2. The van der Waals surface area contributed by atoms with E-state index in [9.17, 15) is 10.1 Å². The molecular weight excluding hydrogens is 388 g/mol. The highest BCUT2D eigenvalue weighted by Gasteiger charge is 2.20. The lowest BCUT2D eigenvalue weighted by atomic mass is 10.0. The Hall–Kier alpha value is -2.90. The highest BCUT2D eigenvalue weighted by Crippen LogP contribution is 2.37. The monoisotopic (exact) mass is 410 g/mol. The molecule has 1 heterocycles. The molecular formula is C26H22N2OS. The van der Waals surface area contributed by atoms with Gasteiger partial charge in [-0.1, -0.05) is 54.6 Å². The Morgan fingerprint density at radius 2 is 1.80 bits per heavy atom. The number of nitriles is 1. The molecule has 0 atom stereocenters. The molecule has 2 aliphatic carbocycles. The van der Waals surface area contributed by atoms with E-state index in [-0.39, 0.29) is 5.78 Å². The first-order chi connectivity index (χ1) is 14.7. The highest BCUT2D eigenvalue weighted by molar-refractivity contribution is 8.00. The minimum absolute atomic E-state index is 0.0828. The van der Waals surface area contributed by atoms with Crippen molar-refractivity contribution >= 4 is 17.5 Å². The molecule has 4 heteroatoms. The second kappa shape index (κ2) is 8.08. The van der Waals surface area contributed by atoms with E-state index < -0.39 is 0 Å². The van der Waals surface area contributed by atoms with Crippen LogP contribution in [0.15, 0.2) is 53.6 Å². The first-order valence-electron chi connectivity index (χ1n) is 10.5. The standard InChI is InChI=1S/C26H22N2OS/c27-15-21-13-18-7-2-1-3-9-24(18)28-26(21)30-16-25(29)19-10-11-23-20(14-19)12-17-6-4-5-8-22(17)23/h4-6,8,10-11,13-14H,1-3,7,9,12,16H2. The summed E-state index contributed by atoms with van der Waals surface area (Å²) in [5.74, 6) is 0.381. The van der Waals surface area contributed by atoms with E-state index in [2.05, 4.69) is 36.4 Å². The predicted octanol–water partition coefficient (Wildman–Crippen LogP) is 5.77. The number of aromatic nitrogens is 1. The van der Waals surface area contributed by atoms with Gasteiger partial charge in [0.1, 0.15) is 11.1 Å². The lowest BCUT2D eigenvalue weighted by molar-refractivity contribution is 0.102. The van der Waals surface area contributed by atoms with Gasteiger partial charge in [-0.2, -0.15) is 5.26 Å². The lowest BCUT2D eigenvalue weighted by Gasteiger charge is -2.10. The van der Waals surface area contributed by atoms with Gasteiger partial charge in [-0.05, 0) is 72.1 Å². The van der Waals surface area contributed by atoms with Gasteiger partial charge in [0.15, 0.2) is 5.78 Å². The smallest absolute Gasteiger partial charge is 0.173 e. The number of carbonyl (C=O) groups excluding carboxylic acids is 1. The van der Waals surface area contributed by atoms with Crippen LogP contribution in [0, 0.1) is 11.3 Å². The van der Waals surface area contributed by atoms with E-state index in [1.165, 1.54) is 46.0 Å². The molecule has 0 bridgehead atoms. The Morgan fingerprint density at radius 1 is 0.967 bits per heavy atom. The van der Waals surface area contributed by atoms with Crippen LogP contribution in [0.3, 0.4) is 0 Å². The Balaban J connectivity index is 1.34. The Morgan fingerprint density at radius 3 is 2.70 bits per heavy atom. The third-order valence-electron chi connectivity index (χ3n) is 6.09. The van der Waals surface area contributed by atoms with Crippen LogP contribution >= 0.6 is 11.8 Å². The van der Waals surface area contributed by atoms with Crippen LogP contribution in [0.5, 0.6) is 0 Å². The predicted molar refractivity (Wildman–Crippen MR) is 120 cm³/mol. The van der Waals surface area contributed by atoms with E-state index in [0.717, 1.165) is 43.4 Å². The second-order valence-electron chi connectivity index (χ2n) is 8.04. The SMILES string of the molecule is N#Cc1cc2c(nc1SCC(=O)c1ccc3c(c1)Cc1ccccc1-3)CCCCC2. The van der Waals surface area contributed by atoms with Crippen LogP contribution in [-0.4, -0.2) is 16.5 Å². The number of hydrogen-bond donors (Lipinski definition) is 0. The first-order valence-corrected chi connectivity index (χ1v) is 11.5.